The minimum Gasteiger partial charge on any atom is -0.497 e. The van der Waals surface area contributed by atoms with Crippen molar-refractivity contribution in [2.24, 2.45) is 0 Å². The number of hydrogen-bond acceptors (Lipinski definition) is 7. The summed E-state index contributed by atoms with van der Waals surface area (Å²) in [5, 5.41) is 0. The topological polar surface area (TPSA) is 80.3 Å². The van der Waals surface area contributed by atoms with Crippen LogP contribution >= 0.6 is 0 Å². The Balaban J connectivity index is 1.91. The zero-order chi connectivity index (χ0) is 19.8. The van der Waals surface area contributed by atoms with Gasteiger partial charge in [0, 0.05) is 6.07 Å². The third-order valence-corrected chi connectivity index (χ3v) is 3.40. The van der Waals surface area contributed by atoms with Crippen LogP contribution in [0.15, 0.2) is 42.5 Å². The van der Waals surface area contributed by atoms with Crippen molar-refractivity contribution in [1.82, 2.24) is 0 Å². The lowest BCUT2D eigenvalue weighted by Gasteiger charge is -2.10. The van der Waals surface area contributed by atoms with E-state index in [1.807, 2.05) is 0 Å². The second-order valence-corrected chi connectivity index (χ2v) is 5.84. The molecule has 0 aromatic heterocycles. The summed E-state index contributed by atoms with van der Waals surface area (Å²) in [6.45, 7) is 3.53. The third-order valence-electron chi connectivity index (χ3n) is 3.40. The van der Waals surface area contributed by atoms with E-state index >= 15 is 0 Å². The third kappa shape index (κ3) is 6.22. The lowest BCUT2D eigenvalue weighted by atomic mass is 10.2. The summed E-state index contributed by atoms with van der Waals surface area (Å²) < 4.78 is 25.6. The molecule has 0 saturated carbocycles. The molecule has 0 atom stereocenters. The molecule has 0 amide bonds. The number of ether oxygens (including phenoxy) is 5. The van der Waals surface area contributed by atoms with Crippen molar-refractivity contribution in [2.45, 2.75) is 26.6 Å². The minimum atomic E-state index is -0.866. The van der Waals surface area contributed by atoms with Crippen LogP contribution in [0.25, 0.3) is 0 Å². The summed E-state index contributed by atoms with van der Waals surface area (Å²) in [7, 11) is 3.07. The van der Waals surface area contributed by atoms with E-state index in [-0.39, 0.29) is 18.5 Å². The molecule has 0 fully saturated rings. The van der Waals surface area contributed by atoms with Crippen LogP contribution in [0.1, 0.15) is 29.8 Å². The van der Waals surface area contributed by atoms with Crippen molar-refractivity contribution in [3.63, 3.8) is 0 Å². The maximum Gasteiger partial charge on any atom is 0.514 e. The first-order valence-corrected chi connectivity index (χ1v) is 8.29. The van der Waals surface area contributed by atoms with Gasteiger partial charge in [-0.25, -0.2) is 9.59 Å². The Kier molecular flexibility index (Phi) is 7.05. The molecular weight excluding hydrogens is 352 g/mol. The van der Waals surface area contributed by atoms with Gasteiger partial charge in [0.1, 0.15) is 23.9 Å². The van der Waals surface area contributed by atoms with Gasteiger partial charge in [-0.1, -0.05) is 0 Å². The Morgan fingerprint density at radius 1 is 0.889 bits per heavy atom. The van der Waals surface area contributed by atoms with Gasteiger partial charge in [0.05, 0.1) is 25.9 Å². The molecular formula is C20H22O7. The van der Waals surface area contributed by atoms with Crippen molar-refractivity contribution >= 4 is 12.1 Å². The zero-order valence-electron chi connectivity index (χ0n) is 15.7. The molecule has 0 aliphatic carbocycles. The summed E-state index contributed by atoms with van der Waals surface area (Å²) in [6.07, 6.45) is -1.08. The number of methoxy groups -OCH3 is 2. The van der Waals surface area contributed by atoms with Crippen LogP contribution in [-0.4, -0.2) is 32.4 Å². The van der Waals surface area contributed by atoms with Crippen molar-refractivity contribution in [1.29, 1.82) is 0 Å². The molecule has 144 valence electrons. The summed E-state index contributed by atoms with van der Waals surface area (Å²) >= 11 is 0. The van der Waals surface area contributed by atoms with E-state index in [2.05, 4.69) is 0 Å². The average Bonchev–Trinajstić information content (AvgIpc) is 2.66. The van der Waals surface area contributed by atoms with Crippen molar-refractivity contribution in [3.8, 4) is 17.2 Å². The fraction of sp³-hybridized carbons (Fsp3) is 0.300. The van der Waals surface area contributed by atoms with Gasteiger partial charge in [0.2, 0.25) is 0 Å². The van der Waals surface area contributed by atoms with Crippen LogP contribution in [0.4, 0.5) is 4.79 Å². The molecule has 2 aromatic rings. The minimum absolute atomic E-state index is 0.00874. The Hall–Kier alpha value is -3.22. The highest BCUT2D eigenvalue weighted by molar-refractivity contribution is 5.89. The largest absolute Gasteiger partial charge is 0.514 e. The van der Waals surface area contributed by atoms with Gasteiger partial charge in [-0.2, -0.15) is 0 Å². The van der Waals surface area contributed by atoms with Gasteiger partial charge in [-0.05, 0) is 55.8 Å². The number of esters is 1. The molecule has 0 heterocycles. The Bertz CT molecular complexity index is 759. The molecule has 0 aliphatic rings. The predicted octanol–water partition coefficient (Wildman–Crippen LogP) is 3.98. The van der Waals surface area contributed by atoms with Crippen LogP contribution in [0.3, 0.4) is 0 Å². The van der Waals surface area contributed by atoms with Crippen molar-refractivity contribution in [2.75, 3.05) is 14.2 Å². The first-order valence-electron chi connectivity index (χ1n) is 8.29. The first kappa shape index (κ1) is 20.1. The van der Waals surface area contributed by atoms with Crippen LogP contribution in [0.5, 0.6) is 17.2 Å². The zero-order valence-corrected chi connectivity index (χ0v) is 15.7. The lowest BCUT2D eigenvalue weighted by Crippen LogP contribution is -2.12. The molecule has 27 heavy (non-hydrogen) atoms. The fourth-order valence-electron chi connectivity index (χ4n) is 2.16. The van der Waals surface area contributed by atoms with E-state index in [0.717, 1.165) is 0 Å². The number of hydrogen-bond donors (Lipinski definition) is 0. The maximum atomic E-state index is 11.9. The van der Waals surface area contributed by atoms with Gasteiger partial charge in [-0.3, -0.25) is 0 Å². The van der Waals surface area contributed by atoms with E-state index in [1.54, 1.807) is 32.0 Å². The van der Waals surface area contributed by atoms with Crippen molar-refractivity contribution < 1.29 is 33.3 Å². The smallest absolute Gasteiger partial charge is 0.497 e. The second-order valence-electron chi connectivity index (χ2n) is 5.84. The van der Waals surface area contributed by atoms with Crippen molar-refractivity contribution in [3.05, 3.63) is 53.6 Å². The summed E-state index contributed by atoms with van der Waals surface area (Å²) in [5.74, 6) is 0.991. The molecule has 0 saturated heterocycles. The molecule has 0 aliphatic heterocycles. The number of carbonyl (C=O) groups excluding carboxylic acids is 2. The summed E-state index contributed by atoms with van der Waals surface area (Å²) in [4.78, 5) is 23.6. The number of benzene rings is 2. The predicted molar refractivity (Wildman–Crippen MR) is 97.4 cm³/mol. The van der Waals surface area contributed by atoms with Gasteiger partial charge < -0.3 is 23.7 Å². The Morgan fingerprint density at radius 2 is 1.48 bits per heavy atom. The fourth-order valence-corrected chi connectivity index (χ4v) is 2.16. The standard InChI is InChI=1S/C20H22O7/c1-13(2)26-19(21)15-5-7-16(8-6-15)27-20(22)25-12-14-9-17(23-3)11-18(10-14)24-4/h5-11,13H,12H2,1-4H3. The summed E-state index contributed by atoms with van der Waals surface area (Å²) in [5.41, 5.74) is 1.06. The molecule has 2 aromatic carbocycles. The lowest BCUT2D eigenvalue weighted by molar-refractivity contribution is 0.0378. The van der Waals surface area contributed by atoms with E-state index in [0.29, 0.717) is 22.6 Å². The quantitative estimate of drug-likeness (QED) is 0.535. The number of rotatable bonds is 7. The molecule has 0 radical (unpaired) electrons. The van der Waals surface area contributed by atoms with E-state index < -0.39 is 12.1 Å². The molecule has 7 nitrogen and oxygen atoms in total. The van der Waals surface area contributed by atoms with Crippen LogP contribution in [0.2, 0.25) is 0 Å². The normalized spacial score (nSPS) is 10.3. The van der Waals surface area contributed by atoms with Gasteiger partial charge in [0.15, 0.2) is 0 Å². The molecule has 0 unspecified atom stereocenters. The molecule has 2 rings (SSSR count). The number of carbonyl (C=O) groups is 2. The monoisotopic (exact) mass is 374 g/mol. The maximum absolute atomic E-state index is 11.9. The molecule has 0 spiro atoms. The first-order chi connectivity index (χ1) is 12.9. The molecule has 0 N–H and O–H groups in total. The Labute approximate surface area is 157 Å². The van der Waals surface area contributed by atoms with E-state index in [4.69, 9.17) is 23.7 Å². The van der Waals surface area contributed by atoms with Crippen LogP contribution in [0, 0.1) is 0 Å². The summed E-state index contributed by atoms with van der Waals surface area (Å²) in [6, 6.07) is 11.2. The van der Waals surface area contributed by atoms with E-state index in [1.165, 1.54) is 38.5 Å². The average molecular weight is 374 g/mol. The van der Waals surface area contributed by atoms with Crippen LogP contribution < -0.4 is 14.2 Å². The van der Waals surface area contributed by atoms with Gasteiger partial charge in [0.25, 0.3) is 0 Å². The van der Waals surface area contributed by atoms with Crippen LogP contribution in [-0.2, 0) is 16.1 Å². The highest BCUT2D eigenvalue weighted by atomic mass is 16.7. The van der Waals surface area contributed by atoms with E-state index in [9.17, 15) is 9.59 Å². The molecule has 0 bridgehead atoms. The highest BCUT2D eigenvalue weighted by Crippen LogP contribution is 2.23. The van der Waals surface area contributed by atoms with Gasteiger partial charge in [-0.15, -0.1) is 0 Å². The van der Waals surface area contributed by atoms with Gasteiger partial charge >= 0.3 is 12.1 Å². The Morgan fingerprint density at radius 3 is 2.00 bits per heavy atom. The second kappa shape index (κ2) is 9.47. The highest BCUT2D eigenvalue weighted by Gasteiger charge is 2.12. The molecule has 7 heteroatoms. The SMILES string of the molecule is COc1cc(COC(=O)Oc2ccc(C(=O)OC(C)C)cc2)cc(OC)c1.